The standard InChI is InChI=1S/C25H27F2N7O2/c1-3-23(36)29-17-5-4-6-18(13-17)31-25-28-15-21(27)24(32-25)30-19-7-8-22(20(26)14-19)34-11-9-33(10-12-34)16(2)35/h4-8,13-15H,3,9-12H2,1-2H3,(H,29,36)(H2,28,30,31,32). The van der Waals surface area contributed by atoms with E-state index in [0.29, 0.717) is 55.3 Å². The van der Waals surface area contributed by atoms with Gasteiger partial charge in [0.25, 0.3) is 0 Å². The van der Waals surface area contributed by atoms with Crippen molar-refractivity contribution >= 4 is 46.3 Å². The molecule has 9 nitrogen and oxygen atoms in total. The van der Waals surface area contributed by atoms with Crippen molar-refractivity contribution in [2.75, 3.05) is 47.0 Å². The van der Waals surface area contributed by atoms with Crippen LogP contribution in [0.4, 0.5) is 43.3 Å². The molecule has 188 valence electrons. The number of hydrogen-bond acceptors (Lipinski definition) is 7. The summed E-state index contributed by atoms with van der Waals surface area (Å²) in [7, 11) is 0. The van der Waals surface area contributed by atoms with Gasteiger partial charge in [-0.3, -0.25) is 9.59 Å². The fraction of sp³-hybridized carbons (Fsp3) is 0.280. The highest BCUT2D eigenvalue weighted by molar-refractivity contribution is 5.91. The average molecular weight is 496 g/mol. The van der Waals surface area contributed by atoms with Gasteiger partial charge in [0.05, 0.1) is 11.9 Å². The zero-order valence-electron chi connectivity index (χ0n) is 20.0. The maximum Gasteiger partial charge on any atom is 0.229 e. The molecule has 3 N–H and O–H groups in total. The number of amides is 2. The lowest BCUT2D eigenvalue weighted by Crippen LogP contribution is -2.48. The van der Waals surface area contributed by atoms with Crippen LogP contribution in [-0.4, -0.2) is 52.9 Å². The second-order valence-electron chi connectivity index (χ2n) is 8.28. The van der Waals surface area contributed by atoms with E-state index in [1.807, 2.05) is 4.90 Å². The Kier molecular flexibility index (Phi) is 7.57. The first-order chi connectivity index (χ1) is 17.3. The van der Waals surface area contributed by atoms with Gasteiger partial charge in [-0.05, 0) is 36.4 Å². The molecule has 4 rings (SSSR count). The van der Waals surface area contributed by atoms with Crippen LogP contribution in [0.25, 0.3) is 0 Å². The second kappa shape index (κ2) is 11.0. The molecule has 0 radical (unpaired) electrons. The van der Waals surface area contributed by atoms with Crippen LogP contribution >= 0.6 is 0 Å². The first-order valence-corrected chi connectivity index (χ1v) is 11.6. The van der Waals surface area contributed by atoms with Crippen LogP contribution < -0.4 is 20.9 Å². The predicted octanol–water partition coefficient (Wildman–Crippen LogP) is 4.26. The third kappa shape index (κ3) is 6.04. The number of aromatic nitrogens is 2. The number of benzene rings is 2. The first-order valence-electron chi connectivity index (χ1n) is 11.6. The maximum atomic E-state index is 14.9. The Hall–Kier alpha value is -4.28. The Morgan fingerprint density at radius 1 is 0.944 bits per heavy atom. The molecule has 1 aromatic heterocycles. The average Bonchev–Trinajstić information content (AvgIpc) is 2.86. The summed E-state index contributed by atoms with van der Waals surface area (Å²) >= 11 is 0. The molecule has 1 fully saturated rings. The number of rotatable bonds is 7. The molecular weight excluding hydrogens is 468 g/mol. The van der Waals surface area contributed by atoms with Gasteiger partial charge in [-0.2, -0.15) is 4.98 Å². The Balaban J connectivity index is 1.45. The fourth-order valence-corrected chi connectivity index (χ4v) is 3.81. The summed E-state index contributed by atoms with van der Waals surface area (Å²) in [5.74, 6) is -1.27. The van der Waals surface area contributed by atoms with Gasteiger partial charge in [0.15, 0.2) is 11.6 Å². The lowest BCUT2D eigenvalue weighted by molar-refractivity contribution is -0.129. The van der Waals surface area contributed by atoms with E-state index >= 15 is 0 Å². The number of hydrogen-bond donors (Lipinski definition) is 3. The van der Waals surface area contributed by atoms with Gasteiger partial charge in [0, 0.05) is 56.6 Å². The molecule has 3 aromatic rings. The molecule has 1 aliphatic heterocycles. The highest BCUT2D eigenvalue weighted by Gasteiger charge is 2.21. The molecule has 1 aliphatic rings. The third-order valence-electron chi connectivity index (χ3n) is 5.74. The quantitative estimate of drug-likeness (QED) is 0.450. The zero-order chi connectivity index (χ0) is 25.7. The highest BCUT2D eigenvalue weighted by atomic mass is 19.1. The summed E-state index contributed by atoms with van der Waals surface area (Å²) in [4.78, 5) is 34.9. The number of nitrogens with zero attached hydrogens (tertiary/aromatic N) is 4. The monoisotopic (exact) mass is 495 g/mol. The van der Waals surface area contributed by atoms with E-state index in [9.17, 15) is 18.4 Å². The molecule has 0 atom stereocenters. The Morgan fingerprint density at radius 3 is 2.36 bits per heavy atom. The Labute approximate surface area is 207 Å². The lowest BCUT2D eigenvalue weighted by Gasteiger charge is -2.35. The van der Waals surface area contributed by atoms with Crippen molar-refractivity contribution < 1.29 is 18.4 Å². The summed E-state index contributed by atoms with van der Waals surface area (Å²) in [6.45, 7) is 5.40. The smallest absolute Gasteiger partial charge is 0.229 e. The highest BCUT2D eigenvalue weighted by Crippen LogP contribution is 2.27. The first kappa shape index (κ1) is 24.8. The molecule has 11 heteroatoms. The second-order valence-corrected chi connectivity index (χ2v) is 8.28. The van der Waals surface area contributed by atoms with Gasteiger partial charge < -0.3 is 25.8 Å². The number of anilines is 6. The van der Waals surface area contributed by atoms with E-state index in [1.54, 1.807) is 48.2 Å². The van der Waals surface area contributed by atoms with Crippen LogP contribution in [0.15, 0.2) is 48.7 Å². The molecule has 2 heterocycles. The molecule has 0 bridgehead atoms. The Morgan fingerprint density at radius 2 is 1.67 bits per heavy atom. The SMILES string of the molecule is CCC(=O)Nc1cccc(Nc2ncc(F)c(Nc3ccc(N4CCN(C(C)=O)CC4)c(F)c3)n2)c1. The number of nitrogens with one attached hydrogen (secondary N) is 3. The van der Waals surface area contributed by atoms with Crippen molar-refractivity contribution in [3.63, 3.8) is 0 Å². The molecule has 2 aromatic carbocycles. The fourth-order valence-electron chi connectivity index (χ4n) is 3.81. The molecule has 0 aliphatic carbocycles. The van der Waals surface area contributed by atoms with E-state index in [1.165, 1.54) is 13.0 Å². The van der Waals surface area contributed by atoms with Gasteiger partial charge in [-0.1, -0.05) is 13.0 Å². The van der Waals surface area contributed by atoms with Crippen molar-refractivity contribution in [1.82, 2.24) is 14.9 Å². The van der Waals surface area contributed by atoms with Gasteiger partial charge in [0.2, 0.25) is 17.8 Å². The van der Waals surface area contributed by atoms with E-state index in [2.05, 4.69) is 25.9 Å². The number of carbonyl (C=O) groups excluding carboxylic acids is 2. The van der Waals surface area contributed by atoms with Crippen molar-refractivity contribution in [3.8, 4) is 0 Å². The predicted molar refractivity (Wildman–Crippen MR) is 135 cm³/mol. The van der Waals surface area contributed by atoms with Crippen LogP contribution in [-0.2, 0) is 9.59 Å². The van der Waals surface area contributed by atoms with Crippen molar-refractivity contribution in [3.05, 3.63) is 60.3 Å². The van der Waals surface area contributed by atoms with Crippen LogP contribution in [0.5, 0.6) is 0 Å². The molecule has 2 amide bonds. The lowest BCUT2D eigenvalue weighted by atomic mass is 10.2. The summed E-state index contributed by atoms with van der Waals surface area (Å²) < 4.78 is 29.3. The van der Waals surface area contributed by atoms with E-state index in [0.717, 1.165) is 6.20 Å². The van der Waals surface area contributed by atoms with Crippen LogP contribution in [0.3, 0.4) is 0 Å². The van der Waals surface area contributed by atoms with E-state index in [4.69, 9.17) is 0 Å². The zero-order valence-corrected chi connectivity index (χ0v) is 20.0. The maximum absolute atomic E-state index is 14.9. The minimum atomic E-state index is -0.700. The van der Waals surface area contributed by atoms with Gasteiger partial charge >= 0.3 is 0 Å². The minimum Gasteiger partial charge on any atom is -0.366 e. The molecule has 0 spiro atoms. The summed E-state index contributed by atoms with van der Waals surface area (Å²) in [6, 6.07) is 11.5. The van der Waals surface area contributed by atoms with E-state index in [-0.39, 0.29) is 23.6 Å². The van der Waals surface area contributed by atoms with Gasteiger partial charge in [0.1, 0.15) is 5.82 Å². The van der Waals surface area contributed by atoms with Crippen LogP contribution in [0.1, 0.15) is 20.3 Å². The summed E-state index contributed by atoms with van der Waals surface area (Å²) in [6.07, 6.45) is 1.37. The van der Waals surface area contributed by atoms with Gasteiger partial charge in [-0.15, -0.1) is 0 Å². The normalized spacial score (nSPS) is 13.3. The molecule has 36 heavy (non-hydrogen) atoms. The molecule has 1 saturated heterocycles. The Bertz CT molecular complexity index is 1260. The number of carbonyl (C=O) groups is 2. The molecule has 0 unspecified atom stereocenters. The number of halogens is 2. The van der Waals surface area contributed by atoms with Crippen molar-refractivity contribution in [2.45, 2.75) is 20.3 Å². The van der Waals surface area contributed by atoms with Gasteiger partial charge in [-0.25, -0.2) is 13.8 Å². The van der Waals surface area contributed by atoms with Crippen molar-refractivity contribution in [2.24, 2.45) is 0 Å². The van der Waals surface area contributed by atoms with Crippen LogP contribution in [0.2, 0.25) is 0 Å². The number of piperazine rings is 1. The minimum absolute atomic E-state index is 0.00590. The largest absolute Gasteiger partial charge is 0.366 e. The van der Waals surface area contributed by atoms with Crippen LogP contribution in [0, 0.1) is 11.6 Å². The van der Waals surface area contributed by atoms with Crippen molar-refractivity contribution in [1.29, 1.82) is 0 Å². The topological polar surface area (TPSA) is 102 Å². The molecule has 0 saturated carbocycles. The summed E-state index contributed by atoms with van der Waals surface area (Å²) in [5, 5.41) is 8.54. The molecular formula is C25H27F2N7O2. The summed E-state index contributed by atoms with van der Waals surface area (Å²) in [5.41, 5.74) is 1.95. The van der Waals surface area contributed by atoms with E-state index < -0.39 is 11.6 Å². The third-order valence-corrected chi connectivity index (χ3v) is 5.74.